The van der Waals surface area contributed by atoms with Crippen molar-refractivity contribution in [3.8, 4) is 11.5 Å². The molecule has 2 aliphatic heterocycles. The number of hydrogen-bond acceptors (Lipinski definition) is 5. The van der Waals surface area contributed by atoms with E-state index < -0.39 is 0 Å². The number of ether oxygens (including phenoxy) is 3. The normalized spacial score (nSPS) is 16.9. The third-order valence-corrected chi connectivity index (χ3v) is 11.1. The summed E-state index contributed by atoms with van der Waals surface area (Å²) in [6.07, 6.45) is 38.0. The summed E-state index contributed by atoms with van der Waals surface area (Å²) < 4.78 is 19.5. The molecule has 0 fully saturated rings. The van der Waals surface area contributed by atoms with Crippen LogP contribution in [0.3, 0.4) is 0 Å². The van der Waals surface area contributed by atoms with Gasteiger partial charge in [-0.3, -0.25) is 9.80 Å². The molecule has 2 unspecified atom stereocenters. The fraction of sp³-hybridized carbons (Fsp3) is 0.870. The minimum atomic E-state index is 0.0401. The van der Waals surface area contributed by atoms with Crippen molar-refractivity contribution in [2.24, 2.45) is 0 Å². The molecule has 2 bridgehead atoms. The van der Waals surface area contributed by atoms with Gasteiger partial charge in [-0.15, -0.1) is 0 Å². The molecular formula is C46H86N2O3. The highest BCUT2D eigenvalue weighted by Crippen LogP contribution is 2.24. The van der Waals surface area contributed by atoms with E-state index in [-0.39, 0.29) is 12.5 Å². The van der Waals surface area contributed by atoms with Crippen molar-refractivity contribution < 1.29 is 14.2 Å². The average molecular weight is 715 g/mol. The summed E-state index contributed by atoms with van der Waals surface area (Å²) in [4.78, 5) is 5.03. The smallest absolute Gasteiger partial charge is 0.154 e. The molecule has 1 aromatic carbocycles. The van der Waals surface area contributed by atoms with Crippen molar-refractivity contribution in [3.63, 3.8) is 0 Å². The van der Waals surface area contributed by atoms with Gasteiger partial charge in [0.1, 0.15) is 11.5 Å². The molecule has 2 atom stereocenters. The first kappa shape index (κ1) is 45.9. The molecule has 0 N–H and O–H groups in total. The van der Waals surface area contributed by atoms with Crippen LogP contribution in [0.1, 0.15) is 207 Å². The van der Waals surface area contributed by atoms with E-state index >= 15 is 0 Å². The maximum absolute atomic E-state index is 6.60. The number of hydrogen-bond donors (Lipinski definition) is 0. The highest BCUT2D eigenvalue weighted by atomic mass is 16.5. The van der Waals surface area contributed by atoms with Crippen LogP contribution in [0.25, 0.3) is 0 Å². The van der Waals surface area contributed by atoms with E-state index in [4.69, 9.17) is 14.2 Å². The van der Waals surface area contributed by atoms with Crippen molar-refractivity contribution in [2.45, 2.75) is 220 Å². The molecule has 2 aliphatic rings. The molecule has 0 saturated heterocycles. The van der Waals surface area contributed by atoms with E-state index in [1.165, 1.54) is 167 Å². The Morgan fingerprint density at radius 3 is 0.961 bits per heavy atom. The molecule has 51 heavy (non-hydrogen) atoms. The van der Waals surface area contributed by atoms with Crippen LogP contribution in [0.15, 0.2) is 24.3 Å². The van der Waals surface area contributed by atoms with Crippen LogP contribution in [0.2, 0.25) is 0 Å². The zero-order valence-corrected chi connectivity index (χ0v) is 34.6. The number of nitrogens with zero attached hydrogens (tertiary/aromatic N) is 2. The van der Waals surface area contributed by atoms with Gasteiger partial charge >= 0.3 is 0 Å². The average Bonchev–Trinajstić information content (AvgIpc) is 3.18. The molecule has 5 heteroatoms. The Morgan fingerprint density at radius 1 is 0.412 bits per heavy atom. The number of benzene rings is 1. The Kier molecular flexibility index (Phi) is 29.9. The molecule has 298 valence electrons. The quantitative estimate of drug-likeness (QED) is 0.0694. The van der Waals surface area contributed by atoms with E-state index in [0.29, 0.717) is 0 Å². The molecule has 3 rings (SSSR count). The van der Waals surface area contributed by atoms with E-state index in [0.717, 1.165) is 63.7 Å². The number of unbranched alkanes of at least 4 members (excludes halogenated alkanes) is 24. The van der Waals surface area contributed by atoms with Crippen LogP contribution in [0.5, 0.6) is 11.5 Å². The molecule has 1 aromatic rings. The summed E-state index contributed by atoms with van der Waals surface area (Å²) in [5, 5.41) is 0. The lowest BCUT2D eigenvalue weighted by atomic mass is 10.0. The zero-order valence-electron chi connectivity index (χ0n) is 34.6. The molecule has 2 heterocycles. The molecular weight excluding hydrogens is 629 g/mol. The van der Waals surface area contributed by atoms with Gasteiger partial charge in [0, 0.05) is 25.9 Å². The lowest BCUT2D eigenvalue weighted by Crippen LogP contribution is -2.41. The first-order valence-corrected chi connectivity index (χ1v) is 22.7. The van der Waals surface area contributed by atoms with Gasteiger partial charge in [-0.1, -0.05) is 182 Å². The van der Waals surface area contributed by atoms with Crippen molar-refractivity contribution in [3.05, 3.63) is 24.3 Å². The Bertz CT molecular complexity index is 796. The van der Waals surface area contributed by atoms with Crippen LogP contribution < -0.4 is 9.47 Å². The number of rotatable bonds is 32. The fourth-order valence-corrected chi connectivity index (χ4v) is 7.69. The standard InChI is InChI=1S/C46H86N2O3/c1-5-9-11-13-15-17-19-21-23-25-27-29-31-39-47(7-3)45-37-41-49-42-38-46(51-44-35-33-43(50-45)34-36-44)48(8-4)40-32-30-28-26-24-22-20-18-16-14-12-10-6-2/h33-36,45-46H,5-32,37-42H2,1-4H3. The van der Waals surface area contributed by atoms with E-state index in [1.807, 2.05) is 0 Å². The van der Waals surface area contributed by atoms with Crippen LogP contribution in [-0.4, -0.2) is 61.6 Å². The SMILES string of the molecule is CCCCCCCCCCCCCCCN(CC)C1CCOCCC(N(CC)CCCCCCCCCCCCCCC)Oc2ccc(cc2)O1. The highest BCUT2D eigenvalue weighted by Gasteiger charge is 2.22. The lowest BCUT2D eigenvalue weighted by Gasteiger charge is -2.31. The second-order valence-corrected chi connectivity index (χ2v) is 15.5. The van der Waals surface area contributed by atoms with Crippen LogP contribution in [-0.2, 0) is 4.74 Å². The van der Waals surface area contributed by atoms with Crippen LogP contribution >= 0.6 is 0 Å². The summed E-state index contributed by atoms with van der Waals surface area (Å²) in [5.74, 6) is 1.84. The molecule has 0 radical (unpaired) electrons. The molecule has 0 amide bonds. The largest absolute Gasteiger partial charge is 0.475 e. The third-order valence-electron chi connectivity index (χ3n) is 11.1. The maximum atomic E-state index is 6.60. The summed E-state index contributed by atoms with van der Waals surface area (Å²) in [6.45, 7) is 14.7. The molecule has 0 saturated carbocycles. The maximum Gasteiger partial charge on any atom is 0.154 e. The predicted molar refractivity (Wildman–Crippen MR) is 221 cm³/mol. The molecule has 5 nitrogen and oxygen atoms in total. The Balaban J connectivity index is 1.67. The highest BCUT2D eigenvalue weighted by molar-refractivity contribution is 5.31. The fourth-order valence-electron chi connectivity index (χ4n) is 7.69. The first-order valence-electron chi connectivity index (χ1n) is 22.7. The minimum absolute atomic E-state index is 0.0401. The second kappa shape index (κ2) is 33.3. The molecule has 0 aliphatic carbocycles. The van der Waals surface area contributed by atoms with Gasteiger partial charge < -0.3 is 14.2 Å². The molecule has 0 spiro atoms. The van der Waals surface area contributed by atoms with Gasteiger partial charge in [-0.25, -0.2) is 0 Å². The molecule has 0 aromatic heterocycles. The summed E-state index contributed by atoms with van der Waals surface area (Å²) >= 11 is 0. The Labute approximate surface area is 318 Å². The van der Waals surface area contributed by atoms with Gasteiger partial charge in [0.25, 0.3) is 0 Å². The van der Waals surface area contributed by atoms with Gasteiger partial charge in [-0.05, 0) is 50.2 Å². The van der Waals surface area contributed by atoms with Crippen molar-refractivity contribution in [1.29, 1.82) is 0 Å². The minimum Gasteiger partial charge on any atom is -0.475 e. The van der Waals surface area contributed by atoms with Gasteiger partial charge in [-0.2, -0.15) is 0 Å². The van der Waals surface area contributed by atoms with Gasteiger partial charge in [0.05, 0.1) is 13.2 Å². The summed E-state index contributed by atoms with van der Waals surface area (Å²) in [5.41, 5.74) is 0. The van der Waals surface area contributed by atoms with Gasteiger partial charge in [0.2, 0.25) is 0 Å². The first-order chi connectivity index (χ1) is 25.2. The van der Waals surface area contributed by atoms with E-state index in [9.17, 15) is 0 Å². The summed E-state index contributed by atoms with van der Waals surface area (Å²) in [7, 11) is 0. The number of fused-ring (bicyclic) bond motifs is 10. The summed E-state index contributed by atoms with van der Waals surface area (Å²) in [6, 6.07) is 8.39. The van der Waals surface area contributed by atoms with E-state index in [2.05, 4.69) is 61.8 Å². The van der Waals surface area contributed by atoms with Crippen molar-refractivity contribution in [1.82, 2.24) is 9.80 Å². The Morgan fingerprint density at radius 2 is 0.686 bits per heavy atom. The lowest BCUT2D eigenvalue weighted by molar-refractivity contribution is -0.0203. The Hall–Kier alpha value is -1.30. The van der Waals surface area contributed by atoms with Crippen LogP contribution in [0, 0.1) is 0 Å². The van der Waals surface area contributed by atoms with E-state index in [1.54, 1.807) is 0 Å². The zero-order chi connectivity index (χ0) is 36.5. The van der Waals surface area contributed by atoms with Crippen molar-refractivity contribution in [2.75, 3.05) is 39.4 Å². The predicted octanol–water partition coefficient (Wildman–Crippen LogP) is 13.7. The topological polar surface area (TPSA) is 34.2 Å². The van der Waals surface area contributed by atoms with Crippen LogP contribution in [0.4, 0.5) is 0 Å². The van der Waals surface area contributed by atoms with Gasteiger partial charge in [0.15, 0.2) is 12.5 Å². The second-order valence-electron chi connectivity index (χ2n) is 15.5. The third kappa shape index (κ3) is 23.9. The monoisotopic (exact) mass is 715 g/mol. The van der Waals surface area contributed by atoms with Crippen molar-refractivity contribution >= 4 is 0 Å².